The van der Waals surface area contributed by atoms with Crippen LogP contribution in [0.25, 0.3) is 0 Å². The first-order valence-electron chi connectivity index (χ1n) is 6.51. The summed E-state index contributed by atoms with van der Waals surface area (Å²) in [4.78, 5) is 6.75. The van der Waals surface area contributed by atoms with E-state index < -0.39 is 9.84 Å². The molecule has 1 aromatic rings. The van der Waals surface area contributed by atoms with Gasteiger partial charge >= 0.3 is 0 Å². The Hall–Kier alpha value is -0.810. The molecule has 1 aliphatic rings. The maximum absolute atomic E-state index is 11.8. The van der Waals surface area contributed by atoms with Gasteiger partial charge in [-0.1, -0.05) is 0 Å². The molecule has 2 heterocycles. The van der Waals surface area contributed by atoms with Crippen LogP contribution in [-0.2, 0) is 9.84 Å². The highest BCUT2D eigenvalue weighted by Crippen LogP contribution is 2.31. The molecule has 0 saturated carbocycles. The summed E-state index contributed by atoms with van der Waals surface area (Å²) in [6.07, 6.45) is 6.98. The second-order valence-electron chi connectivity index (χ2n) is 4.92. The average Bonchev–Trinajstić information content (AvgIpc) is 2.83. The van der Waals surface area contributed by atoms with E-state index in [0.29, 0.717) is 22.6 Å². The fourth-order valence-corrected chi connectivity index (χ4v) is 3.60. The molecule has 1 atom stereocenters. The summed E-state index contributed by atoms with van der Waals surface area (Å²) < 4.78 is 23.7. The number of halogens is 1. The lowest BCUT2D eigenvalue weighted by molar-refractivity contribution is 0.588. The molecular weight excluding hydrogens is 284 g/mol. The largest absolute Gasteiger partial charge is 0.353 e. The minimum atomic E-state index is -3.25. The molecule has 4 nitrogen and oxygen atoms in total. The number of nitrogens with zero attached hydrogens (tertiary/aromatic N) is 2. The second-order valence-corrected chi connectivity index (χ2v) is 7.28. The summed E-state index contributed by atoms with van der Waals surface area (Å²) >= 11 is 5.75. The van der Waals surface area contributed by atoms with Crippen molar-refractivity contribution in [1.29, 1.82) is 0 Å². The van der Waals surface area contributed by atoms with Gasteiger partial charge in [0, 0.05) is 30.9 Å². The van der Waals surface area contributed by atoms with Crippen LogP contribution < -0.4 is 4.90 Å². The van der Waals surface area contributed by atoms with Gasteiger partial charge in [0.05, 0.1) is 0 Å². The number of aromatic nitrogens is 1. The third-order valence-electron chi connectivity index (χ3n) is 3.47. The Morgan fingerprint density at radius 2 is 2.32 bits per heavy atom. The van der Waals surface area contributed by atoms with Gasteiger partial charge in [-0.2, -0.15) is 0 Å². The van der Waals surface area contributed by atoms with Gasteiger partial charge < -0.3 is 4.90 Å². The summed E-state index contributed by atoms with van der Waals surface area (Å²) in [7, 11) is -3.25. The lowest BCUT2D eigenvalue weighted by atomic mass is 10.1. The van der Waals surface area contributed by atoms with E-state index in [1.54, 1.807) is 18.3 Å². The van der Waals surface area contributed by atoms with Gasteiger partial charge in [0.25, 0.3) is 0 Å². The molecule has 1 unspecified atom stereocenters. The zero-order chi connectivity index (χ0) is 13.9. The van der Waals surface area contributed by atoms with Crippen LogP contribution in [0, 0.1) is 0 Å². The first-order chi connectivity index (χ1) is 9.04. The summed E-state index contributed by atoms with van der Waals surface area (Å²) in [6.45, 7) is 0.868. The summed E-state index contributed by atoms with van der Waals surface area (Å²) in [5, 5.41) is 0. The van der Waals surface area contributed by atoms with Crippen LogP contribution in [0.2, 0.25) is 0 Å². The molecule has 1 aromatic heterocycles. The van der Waals surface area contributed by atoms with Crippen molar-refractivity contribution in [3.63, 3.8) is 0 Å². The van der Waals surface area contributed by atoms with Crippen molar-refractivity contribution in [1.82, 2.24) is 4.98 Å². The summed E-state index contributed by atoms with van der Waals surface area (Å²) in [5.41, 5.74) is 0. The fraction of sp³-hybridized carbons (Fsp3) is 0.615. The van der Waals surface area contributed by atoms with Crippen LogP contribution in [0.3, 0.4) is 0 Å². The van der Waals surface area contributed by atoms with E-state index in [0.717, 1.165) is 32.2 Å². The van der Waals surface area contributed by atoms with Crippen LogP contribution in [-0.4, -0.2) is 38.1 Å². The van der Waals surface area contributed by atoms with E-state index in [2.05, 4.69) is 9.88 Å². The molecule has 0 radical (unpaired) electrons. The van der Waals surface area contributed by atoms with Crippen molar-refractivity contribution in [3.05, 3.63) is 18.3 Å². The molecule has 0 bridgehead atoms. The maximum atomic E-state index is 11.8. The van der Waals surface area contributed by atoms with Gasteiger partial charge in [0.2, 0.25) is 0 Å². The van der Waals surface area contributed by atoms with Gasteiger partial charge in [-0.25, -0.2) is 13.4 Å². The summed E-state index contributed by atoms with van der Waals surface area (Å²) in [5.74, 6) is 1.24. The van der Waals surface area contributed by atoms with Gasteiger partial charge in [0.15, 0.2) is 9.84 Å². The highest BCUT2D eigenvalue weighted by molar-refractivity contribution is 7.90. The highest BCUT2D eigenvalue weighted by Gasteiger charge is 2.28. The van der Waals surface area contributed by atoms with Crippen molar-refractivity contribution in [2.24, 2.45) is 0 Å². The van der Waals surface area contributed by atoms with Gasteiger partial charge in [-0.3, -0.25) is 0 Å². The van der Waals surface area contributed by atoms with Gasteiger partial charge in [-0.15, -0.1) is 11.6 Å². The fourth-order valence-electron chi connectivity index (χ4n) is 2.61. The number of alkyl halides is 1. The topological polar surface area (TPSA) is 50.3 Å². The molecule has 0 amide bonds. The highest BCUT2D eigenvalue weighted by atomic mass is 35.5. The first kappa shape index (κ1) is 14.6. The zero-order valence-corrected chi connectivity index (χ0v) is 12.6. The van der Waals surface area contributed by atoms with Crippen molar-refractivity contribution in [2.75, 3.05) is 23.6 Å². The molecule has 1 aliphatic heterocycles. The molecule has 19 heavy (non-hydrogen) atoms. The van der Waals surface area contributed by atoms with E-state index in [1.165, 1.54) is 6.26 Å². The van der Waals surface area contributed by atoms with Crippen molar-refractivity contribution in [2.45, 2.75) is 36.6 Å². The number of rotatable bonds is 5. The smallest absolute Gasteiger partial charge is 0.179 e. The Morgan fingerprint density at radius 1 is 1.53 bits per heavy atom. The SMILES string of the molecule is CS(=O)(=O)c1cccnc1N1CCCC1CCCCl. The molecule has 0 aliphatic carbocycles. The predicted octanol–water partition coefficient (Wildman–Crippen LogP) is 2.47. The molecule has 0 N–H and O–H groups in total. The van der Waals surface area contributed by atoms with Crippen molar-refractivity contribution >= 4 is 27.3 Å². The van der Waals surface area contributed by atoms with Gasteiger partial charge in [-0.05, 0) is 37.8 Å². The lowest BCUT2D eigenvalue weighted by Crippen LogP contribution is -2.31. The van der Waals surface area contributed by atoms with E-state index in [1.807, 2.05) is 0 Å². The molecule has 0 spiro atoms. The van der Waals surface area contributed by atoms with E-state index in [-0.39, 0.29) is 0 Å². The normalized spacial score (nSPS) is 19.9. The van der Waals surface area contributed by atoms with Crippen LogP contribution in [0.1, 0.15) is 25.7 Å². The Bertz CT molecular complexity index is 533. The quantitative estimate of drug-likeness (QED) is 0.784. The summed E-state index contributed by atoms with van der Waals surface area (Å²) in [6, 6.07) is 3.66. The number of sulfone groups is 1. The Morgan fingerprint density at radius 3 is 3.00 bits per heavy atom. The predicted molar refractivity (Wildman–Crippen MR) is 77.7 cm³/mol. The molecule has 0 aromatic carbocycles. The standard InChI is InChI=1S/C13H19ClN2O2S/c1-19(17,18)12-7-3-9-15-13(12)16-10-4-6-11(16)5-2-8-14/h3,7,9,11H,2,4-6,8,10H2,1H3. The van der Waals surface area contributed by atoms with E-state index in [9.17, 15) is 8.42 Å². The minimum Gasteiger partial charge on any atom is -0.353 e. The Kier molecular flexibility index (Phi) is 4.68. The molecule has 6 heteroatoms. The molecular formula is C13H19ClN2O2S. The Labute approximate surface area is 119 Å². The maximum Gasteiger partial charge on any atom is 0.179 e. The number of anilines is 1. The van der Waals surface area contributed by atoms with Crippen molar-refractivity contribution in [3.8, 4) is 0 Å². The van der Waals surface area contributed by atoms with E-state index in [4.69, 9.17) is 11.6 Å². The van der Waals surface area contributed by atoms with Crippen LogP contribution >= 0.6 is 11.6 Å². The minimum absolute atomic E-state index is 0.327. The monoisotopic (exact) mass is 302 g/mol. The third-order valence-corrected chi connectivity index (χ3v) is 4.86. The molecule has 2 rings (SSSR count). The number of hydrogen-bond donors (Lipinski definition) is 0. The van der Waals surface area contributed by atoms with Gasteiger partial charge in [0.1, 0.15) is 10.7 Å². The number of hydrogen-bond acceptors (Lipinski definition) is 4. The average molecular weight is 303 g/mol. The van der Waals surface area contributed by atoms with Crippen LogP contribution in [0.5, 0.6) is 0 Å². The van der Waals surface area contributed by atoms with Crippen molar-refractivity contribution < 1.29 is 8.42 Å². The molecule has 1 saturated heterocycles. The second kappa shape index (κ2) is 6.09. The van der Waals surface area contributed by atoms with Crippen LogP contribution in [0.4, 0.5) is 5.82 Å². The number of pyridine rings is 1. The third kappa shape index (κ3) is 3.39. The first-order valence-corrected chi connectivity index (χ1v) is 8.94. The molecule has 1 fully saturated rings. The lowest BCUT2D eigenvalue weighted by Gasteiger charge is -2.27. The molecule has 106 valence electrons. The van der Waals surface area contributed by atoms with Crippen LogP contribution in [0.15, 0.2) is 23.2 Å². The van der Waals surface area contributed by atoms with E-state index >= 15 is 0 Å². The zero-order valence-electron chi connectivity index (χ0n) is 11.0. The Balaban J connectivity index is 2.31.